The molecule has 28 heavy (non-hydrogen) atoms. The Bertz CT molecular complexity index is 967. The first-order chi connectivity index (χ1) is 13.6. The predicted molar refractivity (Wildman–Crippen MR) is 117 cm³/mol. The fourth-order valence-corrected chi connectivity index (χ4v) is 4.62. The molecule has 1 aromatic heterocycles. The molecule has 2 aromatic carbocycles. The second kappa shape index (κ2) is 8.37. The van der Waals surface area contributed by atoms with E-state index in [1.807, 2.05) is 42.2 Å². The zero-order chi connectivity index (χ0) is 19.5. The van der Waals surface area contributed by atoms with E-state index in [9.17, 15) is 4.79 Å². The van der Waals surface area contributed by atoms with E-state index in [0.29, 0.717) is 19.6 Å². The van der Waals surface area contributed by atoms with Crippen molar-refractivity contribution < 1.29 is 4.79 Å². The van der Waals surface area contributed by atoms with Crippen LogP contribution in [0.5, 0.6) is 0 Å². The largest absolute Gasteiger partial charge is 0.345 e. The van der Waals surface area contributed by atoms with Gasteiger partial charge in [-0.25, -0.2) is 9.78 Å². The van der Waals surface area contributed by atoms with Crippen LogP contribution in [0.3, 0.4) is 0 Å². The minimum Gasteiger partial charge on any atom is -0.345 e. The van der Waals surface area contributed by atoms with Gasteiger partial charge in [0.05, 0.1) is 10.2 Å². The normalized spacial score (nSPS) is 14.5. The van der Waals surface area contributed by atoms with Gasteiger partial charge in [0.1, 0.15) is 0 Å². The zero-order valence-corrected chi connectivity index (χ0v) is 17.4. The number of aryl methyl sites for hydroxylation is 1. The Kier molecular flexibility index (Phi) is 5.69. The second-order valence-corrected chi connectivity index (χ2v) is 8.37. The maximum atomic E-state index is 12.4. The van der Waals surface area contributed by atoms with Crippen LogP contribution in [0.2, 0.25) is 5.02 Å². The van der Waals surface area contributed by atoms with Crippen molar-refractivity contribution in [3.8, 4) is 0 Å². The van der Waals surface area contributed by atoms with Crippen molar-refractivity contribution in [2.75, 3.05) is 37.6 Å². The number of halogens is 1. The summed E-state index contributed by atoms with van der Waals surface area (Å²) in [6, 6.07) is 14.2. The van der Waals surface area contributed by atoms with Gasteiger partial charge in [-0.3, -0.25) is 0 Å². The average molecular weight is 415 g/mol. The number of hydrogen-bond acceptors (Lipinski definition) is 4. The number of thiazole rings is 1. The summed E-state index contributed by atoms with van der Waals surface area (Å²) >= 11 is 7.90. The highest BCUT2D eigenvalue weighted by molar-refractivity contribution is 7.22. The number of anilines is 1. The van der Waals surface area contributed by atoms with Gasteiger partial charge in [0.15, 0.2) is 5.13 Å². The highest BCUT2D eigenvalue weighted by Gasteiger charge is 2.23. The van der Waals surface area contributed by atoms with E-state index < -0.39 is 0 Å². The molecule has 1 aliphatic heterocycles. The van der Waals surface area contributed by atoms with Crippen molar-refractivity contribution in [3.63, 3.8) is 0 Å². The fraction of sp³-hybridized carbons (Fsp3) is 0.333. The molecule has 1 fully saturated rings. The number of aromatic nitrogens is 1. The van der Waals surface area contributed by atoms with Crippen LogP contribution < -0.4 is 10.2 Å². The molecule has 0 atom stereocenters. The Morgan fingerprint density at radius 2 is 1.89 bits per heavy atom. The molecule has 1 aliphatic rings. The number of hydrogen-bond donors (Lipinski definition) is 1. The number of nitrogens with zero attached hydrogens (tertiary/aromatic N) is 3. The third-order valence-corrected chi connectivity index (χ3v) is 6.60. The van der Waals surface area contributed by atoms with E-state index in [1.54, 1.807) is 11.3 Å². The van der Waals surface area contributed by atoms with E-state index in [2.05, 4.69) is 22.3 Å². The predicted octanol–water partition coefficient (Wildman–Crippen LogP) is 4.33. The van der Waals surface area contributed by atoms with Gasteiger partial charge in [0.2, 0.25) is 0 Å². The molecule has 0 unspecified atom stereocenters. The Morgan fingerprint density at radius 1 is 1.14 bits per heavy atom. The van der Waals surface area contributed by atoms with Crippen LogP contribution in [0, 0.1) is 6.92 Å². The Hall–Kier alpha value is -2.31. The summed E-state index contributed by atoms with van der Waals surface area (Å²) < 4.78 is 1.15. The number of rotatable bonds is 4. The lowest BCUT2D eigenvalue weighted by molar-refractivity contribution is 0.194. The van der Waals surface area contributed by atoms with Gasteiger partial charge < -0.3 is 15.1 Å². The maximum Gasteiger partial charge on any atom is 0.317 e. The number of carbonyl (C=O) groups is 1. The number of amides is 2. The molecule has 4 rings (SSSR count). The fourth-order valence-electron chi connectivity index (χ4n) is 3.40. The molecule has 7 heteroatoms. The van der Waals surface area contributed by atoms with Gasteiger partial charge in [0.25, 0.3) is 0 Å². The minimum absolute atomic E-state index is 0.0162. The first-order valence-electron chi connectivity index (χ1n) is 9.49. The van der Waals surface area contributed by atoms with Crippen LogP contribution in [-0.2, 0) is 6.42 Å². The molecule has 2 amide bonds. The number of urea groups is 1. The summed E-state index contributed by atoms with van der Waals surface area (Å²) in [6.07, 6.45) is 0.847. The monoisotopic (exact) mass is 414 g/mol. The SMILES string of the molecule is Cc1c(Cl)ccc2sc(N3CCN(C(=O)NCCc4ccccc4)CC3)nc12. The van der Waals surface area contributed by atoms with Gasteiger partial charge in [-0.2, -0.15) is 0 Å². The van der Waals surface area contributed by atoms with Crippen LogP contribution in [0.25, 0.3) is 10.2 Å². The van der Waals surface area contributed by atoms with Gasteiger partial charge in [-0.1, -0.05) is 53.3 Å². The highest BCUT2D eigenvalue weighted by Crippen LogP contribution is 2.33. The molecule has 3 aromatic rings. The van der Waals surface area contributed by atoms with E-state index in [1.165, 1.54) is 5.56 Å². The smallest absolute Gasteiger partial charge is 0.317 e. The standard InChI is InChI=1S/C21H23ClN4OS/c1-15-17(22)7-8-18-19(15)24-21(28-18)26-13-11-25(12-14-26)20(27)23-10-9-16-5-3-2-4-6-16/h2-8H,9-14H2,1H3,(H,23,27). The van der Waals surface area contributed by atoms with Gasteiger partial charge in [-0.05, 0) is 36.6 Å². The number of piperazine rings is 1. The number of carbonyl (C=O) groups excluding carboxylic acids is 1. The van der Waals surface area contributed by atoms with E-state index >= 15 is 0 Å². The molecule has 1 saturated heterocycles. The first kappa shape index (κ1) is 19.0. The van der Waals surface area contributed by atoms with Crippen molar-refractivity contribution in [3.05, 3.63) is 58.6 Å². The number of benzene rings is 2. The van der Waals surface area contributed by atoms with E-state index in [-0.39, 0.29) is 6.03 Å². The molecular formula is C21H23ClN4OS. The van der Waals surface area contributed by atoms with E-state index in [0.717, 1.165) is 45.4 Å². The van der Waals surface area contributed by atoms with Crippen molar-refractivity contribution in [2.45, 2.75) is 13.3 Å². The topological polar surface area (TPSA) is 48.5 Å². The summed E-state index contributed by atoms with van der Waals surface area (Å²) in [5.41, 5.74) is 3.24. The number of fused-ring (bicyclic) bond motifs is 1. The van der Waals surface area contributed by atoms with Gasteiger partial charge in [-0.15, -0.1) is 0 Å². The van der Waals surface area contributed by atoms with Crippen LogP contribution >= 0.6 is 22.9 Å². The summed E-state index contributed by atoms with van der Waals surface area (Å²) in [5, 5.41) is 4.79. The molecule has 1 N–H and O–H groups in total. The summed E-state index contributed by atoms with van der Waals surface area (Å²) in [5.74, 6) is 0. The molecule has 2 heterocycles. The highest BCUT2D eigenvalue weighted by atomic mass is 35.5. The lowest BCUT2D eigenvalue weighted by Gasteiger charge is -2.34. The van der Waals surface area contributed by atoms with Gasteiger partial charge in [0, 0.05) is 37.7 Å². The molecule has 0 radical (unpaired) electrons. The summed E-state index contributed by atoms with van der Waals surface area (Å²) in [4.78, 5) is 21.4. The van der Waals surface area contributed by atoms with Crippen molar-refractivity contribution in [1.82, 2.24) is 15.2 Å². The van der Waals surface area contributed by atoms with Crippen molar-refractivity contribution >= 4 is 44.3 Å². The molecular weight excluding hydrogens is 392 g/mol. The lowest BCUT2D eigenvalue weighted by Crippen LogP contribution is -2.52. The molecule has 0 saturated carbocycles. The number of nitrogens with one attached hydrogen (secondary N) is 1. The minimum atomic E-state index is 0.0162. The van der Waals surface area contributed by atoms with Crippen LogP contribution in [0.1, 0.15) is 11.1 Å². The quantitative estimate of drug-likeness (QED) is 0.691. The van der Waals surface area contributed by atoms with Crippen molar-refractivity contribution in [2.24, 2.45) is 0 Å². The second-order valence-electron chi connectivity index (χ2n) is 6.96. The average Bonchev–Trinajstić information content (AvgIpc) is 3.17. The first-order valence-corrected chi connectivity index (χ1v) is 10.7. The third-order valence-electron chi connectivity index (χ3n) is 5.11. The van der Waals surface area contributed by atoms with E-state index in [4.69, 9.17) is 16.6 Å². The Balaban J connectivity index is 1.30. The summed E-state index contributed by atoms with van der Waals surface area (Å²) in [6.45, 7) is 5.64. The van der Waals surface area contributed by atoms with Crippen LogP contribution in [0.15, 0.2) is 42.5 Å². The molecule has 0 bridgehead atoms. The molecule has 146 valence electrons. The molecule has 0 aliphatic carbocycles. The van der Waals surface area contributed by atoms with Crippen LogP contribution in [-0.4, -0.2) is 48.6 Å². The Morgan fingerprint density at radius 3 is 2.64 bits per heavy atom. The third kappa shape index (κ3) is 4.08. The Labute approximate surface area is 173 Å². The summed E-state index contributed by atoms with van der Waals surface area (Å²) in [7, 11) is 0. The maximum absolute atomic E-state index is 12.4. The van der Waals surface area contributed by atoms with Crippen molar-refractivity contribution in [1.29, 1.82) is 0 Å². The lowest BCUT2D eigenvalue weighted by atomic mass is 10.1. The molecule has 0 spiro atoms. The van der Waals surface area contributed by atoms with Crippen LogP contribution in [0.4, 0.5) is 9.93 Å². The zero-order valence-electron chi connectivity index (χ0n) is 15.8. The molecule has 5 nitrogen and oxygen atoms in total. The van der Waals surface area contributed by atoms with Gasteiger partial charge >= 0.3 is 6.03 Å².